The van der Waals surface area contributed by atoms with Crippen molar-refractivity contribution in [2.45, 2.75) is 70.5 Å². The number of likely N-dealkylation sites (tertiary alicyclic amines) is 1. The number of amides is 2. The lowest BCUT2D eigenvalue weighted by atomic mass is 9.82. The van der Waals surface area contributed by atoms with E-state index in [1.165, 1.54) is 5.56 Å². The molecule has 1 saturated heterocycles. The number of carbonyl (C=O) groups excluding carboxylic acids is 2. The first-order valence-electron chi connectivity index (χ1n) is 11.9. The molecule has 1 aliphatic heterocycles. The summed E-state index contributed by atoms with van der Waals surface area (Å²) in [6.07, 6.45) is 8.77. The van der Waals surface area contributed by atoms with Gasteiger partial charge >= 0.3 is 0 Å². The van der Waals surface area contributed by atoms with Crippen molar-refractivity contribution < 1.29 is 9.59 Å². The number of hydrogen-bond acceptors (Lipinski definition) is 4. The maximum Gasteiger partial charge on any atom is 0.242 e. The van der Waals surface area contributed by atoms with Crippen LogP contribution in [0.2, 0.25) is 0 Å². The van der Waals surface area contributed by atoms with Crippen molar-refractivity contribution in [3.05, 3.63) is 35.9 Å². The summed E-state index contributed by atoms with van der Waals surface area (Å²) >= 11 is 1.72. The number of benzene rings is 1. The van der Waals surface area contributed by atoms with Crippen molar-refractivity contribution in [2.75, 3.05) is 25.1 Å². The highest BCUT2D eigenvalue weighted by Gasteiger charge is 2.29. The summed E-state index contributed by atoms with van der Waals surface area (Å²) in [6.45, 7) is 5.20. The van der Waals surface area contributed by atoms with Gasteiger partial charge < -0.3 is 10.6 Å². The van der Waals surface area contributed by atoms with Gasteiger partial charge in [-0.3, -0.25) is 14.5 Å². The van der Waals surface area contributed by atoms with Gasteiger partial charge in [-0.05, 0) is 68.4 Å². The van der Waals surface area contributed by atoms with E-state index in [4.69, 9.17) is 0 Å². The van der Waals surface area contributed by atoms with E-state index < -0.39 is 6.04 Å². The number of carbonyl (C=O) groups is 2. The number of nitrogens with zero attached hydrogens (tertiary/aromatic N) is 1. The average Bonchev–Trinajstić information content (AvgIpc) is 2.79. The van der Waals surface area contributed by atoms with Crippen molar-refractivity contribution in [3.63, 3.8) is 0 Å². The quantitative estimate of drug-likeness (QED) is 0.606. The lowest BCUT2D eigenvalue weighted by Crippen LogP contribution is -2.53. The Kier molecular flexibility index (Phi) is 9.72. The Bertz CT molecular complexity index is 683. The highest BCUT2D eigenvalue weighted by atomic mass is 32.2. The summed E-state index contributed by atoms with van der Waals surface area (Å²) in [4.78, 5) is 28.3. The number of piperidine rings is 1. The zero-order valence-electron chi connectivity index (χ0n) is 19.1. The topological polar surface area (TPSA) is 61.4 Å². The summed E-state index contributed by atoms with van der Waals surface area (Å²) in [5.41, 5.74) is 1.34. The Labute approximate surface area is 192 Å². The van der Waals surface area contributed by atoms with Gasteiger partial charge in [-0.15, -0.1) is 0 Å². The van der Waals surface area contributed by atoms with Gasteiger partial charge in [0.2, 0.25) is 11.8 Å². The van der Waals surface area contributed by atoms with Gasteiger partial charge in [0.15, 0.2) is 0 Å². The van der Waals surface area contributed by atoms with Crippen LogP contribution in [-0.4, -0.2) is 53.9 Å². The normalized spacial score (nSPS) is 23.8. The fraction of sp³-hybridized carbons (Fsp3) is 0.680. The number of nitrogens with one attached hydrogen (secondary N) is 2. The van der Waals surface area contributed by atoms with Crippen LogP contribution in [0.5, 0.6) is 0 Å². The molecule has 1 aromatic rings. The average molecular weight is 446 g/mol. The summed E-state index contributed by atoms with van der Waals surface area (Å²) < 4.78 is 0. The van der Waals surface area contributed by atoms with E-state index in [0.717, 1.165) is 63.9 Å². The van der Waals surface area contributed by atoms with E-state index in [2.05, 4.69) is 46.7 Å². The largest absolute Gasteiger partial charge is 0.351 e. The van der Waals surface area contributed by atoms with Crippen molar-refractivity contribution in [1.29, 1.82) is 0 Å². The molecule has 1 atom stereocenters. The molecule has 0 spiro atoms. The van der Waals surface area contributed by atoms with E-state index in [9.17, 15) is 9.59 Å². The summed E-state index contributed by atoms with van der Waals surface area (Å²) in [7, 11) is 0. The Morgan fingerprint density at radius 1 is 1.06 bits per heavy atom. The molecular formula is C25H39N3O2S. The summed E-state index contributed by atoms with van der Waals surface area (Å²) in [5.74, 6) is 1.73. The van der Waals surface area contributed by atoms with Gasteiger partial charge in [-0.1, -0.05) is 37.3 Å². The molecule has 31 heavy (non-hydrogen) atoms. The van der Waals surface area contributed by atoms with E-state index >= 15 is 0 Å². The lowest BCUT2D eigenvalue weighted by Gasteiger charge is -2.33. The Morgan fingerprint density at radius 2 is 1.74 bits per heavy atom. The van der Waals surface area contributed by atoms with Crippen LogP contribution < -0.4 is 10.6 Å². The molecule has 1 aromatic carbocycles. The minimum atomic E-state index is -0.415. The van der Waals surface area contributed by atoms with Crippen LogP contribution in [0.25, 0.3) is 0 Å². The van der Waals surface area contributed by atoms with Gasteiger partial charge in [0.05, 0.1) is 0 Å². The number of thioether (sulfide) groups is 1. The second kappa shape index (κ2) is 12.5. The van der Waals surface area contributed by atoms with Crippen LogP contribution in [-0.2, 0) is 16.1 Å². The van der Waals surface area contributed by atoms with Gasteiger partial charge in [-0.2, -0.15) is 11.8 Å². The van der Waals surface area contributed by atoms with E-state index in [-0.39, 0.29) is 23.8 Å². The highest BCUT2D eigenvalue weighted by Crippen LogP contribution is 2.28. The summed E-state index contributed by atoms with van der Waals surface area (Å²) in [5, 5.41) is 6.33. The van der Waals surface area contributed by atoms with Gasteiger partial charge in [0.1, 0.15) is 6.04 Å². The first kappa shape index (κ1) is 24.1. The van der Waals surface area contributed by atoms with Crippen LogP contribution in [0.4, 0.5) is 0 Å². The smallest absolute Gasteiger partial charge is 0.242 e. The van der Waals surface area contributed by atoms with E-state index in [0.29, 0.717) is 12.3 Å². The fourth-order valence-electron chi connectivity index (χ4n) is 4.70. The molecule has 3 rings (SSSR count). The molecule has 0 aromatic heterocycles. The minimum Gasteiger partial charge on any atom is -0.351 e. The molecule has 0 bridgehead atoms. The Hall–Kier alpha value is -1.53. The Balaban J connectivity index is 1.46. The third-order valence-electron chi connectivity index (χ3n) is 6.81. The van der Waals surface area contributed by atoms with Crippen molar-refractivity contribution in [2.24, 2.45) is 11.8 Å². The van der Waals surface area contributed by atoms with Crippen LogP contribution >= 0.6 is 11.8 Å². The second-order valence-corrected chi connectivity index (χ2v) is 10.3. The van der Waals surface area contributed by atoms with Gasteiger partial charge in [-0.25, -0.2) is 0 Å². The van der Waals surface area contributed by atoms with E-state index in [1.807, 2.05) is 12.3 Å². The molecule has 6 heteroatoms. The lowest BCUT2D eigenvalue weighted by molar-refractivity contribution is -0.132. The standard InChI is InChI=1S/C25H39N3O2S/c1-19-8-10-21(11-9-19)24(29)27-23(14-17-31-2)25(30)26-22-12-15-28(16-13-22)18-20-6-4-3-5-7-20/h3-7,19,21-23H,8-18H2,1-2H3,(H,26,30)(H,27,29)/t19?,21?,23-/m1/s1. The molecule has 172 valence electrons. The SMILES string of the molecule is CSCC[C@@H](NC(=O)C1CCC(C)CC1)C(=O)NC1CCN(Cc2ccccc2)CC1. The zero-order valence-corrected chi connectivity index (χ0v) is 20.0. The van der Waals surface area contributed by atoms with Gasteiger partial charge in [0.25, 0.3) is 0 Å². The minimum absolute atomic E-state index is 0.00640. The molecule has 0 unspecified atom stereocenters. The molecule has 2 fully saturated rings. The predicted molar refractivity (Wildman–Crippen MR) is 129 cm³/mol. The number of rotatable bonds is 9. The molecule has 2 amide bonds. The third kappa shape index (κ3) is 7.83. The fourth-order valence-corrected chi connectivity index (χ4v) is 5.17. The van der Waals surface area contributed by atoms with Crippen LogP contribution in [0.1, 0.15) is 57.4 Å². The molecule has 1 saturated carbocycles. The van der Waals surface area contributed by atoms with Crippen LogP contribution in [0.3, 0.4) is 0 Å². The number of hydrogen-bond donors (Lipinski definition) is 2. The molecular weight excluding hydrogens is 406 g/mol. The van der Waals surface area contributed by atoms with Crippen LogP contribution in [0.15, 0.2) is 30.3 Å². The molecule has 0 radical (unpaired) electrons. The third-order valence-corrected chi connectivity index (χ3v) is 7.46. The second-order valence-electron chi connectivity index (χ2n) is 9.34. The Morgan fingerprint density at radius 3 is 2.39 bits per heavy atom. The first-order valence-corrected chi connectivity index (χ1v) is 13.3. The maximum atomic E-state index is 13.0. The zero-order chi connectivity index (χ0) is 22.1. The predicted octanol–water partition coefficient (Wildman–Crippen LogP) is 3.83. The van der Waals surface area contributed by atoms with Crippen LogP contribution in [0, 0.1) is 11.8 Å². The van der Waals surface area contributed by atoms with Crippen molar-refractivity contribution in [3.8, 4) is 0 Å². The van der Waals surface area contributed by atoms with Gasteiger partial charge in [0, 0.05) is 31.6 Å². The van der Waals surface area contributed by atoms with E-state index in [1.54, 1.807) is 11.8 Å². The van der Waals surface area contributed by atoms with Crippen molar-refractivity contribution in [1.82, 2.24) is 15.5 Å². The molecule has 2 aliphatic rings. The molecule has 1 aliphatic carbocycles. The van der Waals surface area contributed by atoms with Crippen molar-refractivity contribution >= 4 is 23.6 Å². The summed E-state index contributed by atoms with van der Waals surface area (Å²) in [6, 6.07) is 10.3. The highest BCUT2D eigenvalue weighted by molar-refractivity contribution is 7.98. The molecule has 5 nitrogen and oxygen atoms in total. The maximum absolute atomic E-state index is 13.0. The first-order chi connectivity index (χ1) is 15.0. The monoisotopic (exact) mass is 445 g/mol. The molecule has 2 N–H and O–H groups in total. The molecule has 1 heterocycles.